The number of aryl methyl sites for hydroxylation is 1. The summed E-state index contributed by atoms with van der Waals surface area (Å²) in [6, 6.07) is 21.0. The first-order chi connectivity index (χ1) is 16.8. The molecule has 0 spiro atoms. The Labute approximate surface area is 207 Å². The Morgan fingerprint density at radius 1 is 0.829 bits per heavy atom. The van der Waals surface area contributed by atoms with Gasteiger partial charge in [-0.1, -0.05) is 85.0 Å². The standard InChI is InChI=1S/C31H30O4/c1-22(2)27-13-8-25(9-14-27)7-6-20-33-35-30-18-17-29(21-24(30)5)34-31(32)19-12-26-10-15-28(16-11-26)23(3)4/h6-19,21H,1,3,20H2,2,4-5H3/b7-6+,19-12+. The number of hydrogen-bond donors (Lipinski definition) is 0. The molecule has 0 aliphatic rings. The molecule has 0 bridgehead atoms. The van der Waals surface area contributed by atoms with Gasteiger partial charge in [0.15, 0.2) is 5.75 Å². The second-order valence-corrected chi connectivity index (χ2v) is 8.26. The smallest absolute Gasteiger partial charge is 0.336 e. The topological polar surface area (TPSA) is 44.8 Å². The molecule has 4 heteroatoms. The average molecular weight is 467 g/mol. The summed E-state index contributed by atoms with van der Waals surface area (Å²) in [7, 11) is 0. The van der Waals surface area contributed by atoms with E-state index in [0.29, 0.717) is 11.5 Å². The SMILES string of the molecule is C=C(C)c1ccc(/C=C/COOc2ccc(OC(=O)/C=C/c3ccc(C(=C)C)cc3)cc2C)cc1. The van der Waals surface area contributed by atoms with Gasteiger partial charge in [-0.3, -0.25) is 0 Å². The molecule has 3 aromatic rings. The highest BCUT2D eigenvalue weighted by molar-refractivity contribution is 5.88. The molecule has 0 saturated carbocycles. The molecule has 0 N–H and O–H groups in total. The van der Waals surface area contributed by atoms with E-state index in [2.05, 4.69) is 13.2 Å². The normalized spacial score (nSPS) is 11.1. The van der Waals surface area contributed by atoms with Crippen LogP contribution in [0.15, 0.2) is 92.0 Å². The van der Waals surface area contributed by atoms with E-state index < -0.39 is 5.97 Å². The van der Waals surface area contributed by atoms with Gasteiger partial charge in [0.25, 0.3) is 0 Å². The lowest BCUT2D eigenvalue weighted by Crippen LogP contribution is -2.04. The summed E-state index contributed by atoms with van der Waals surface area (Å²) in [6.07, 6.45) is 6.95. The van der Waals surface area contributed by atoms with Crippen LogP contribution in [0, 0.1) is 6.92 Å². The number of carbonyl (C=O) groups excluding carboxylic acids is 1. The Morgan fingerprint density at radius 3 is 1.94 bits per heavy atom. The maximum absolute atomic E-state index is 12.2. The van der Waals surface area contributed by atoms with Gasteiger partial charge in [-0.2, -0.15) is 4.89 Å². The van der Waals surface area contributed by atoms with E-state index >= 15 is 0 Å². The molecule has 0 amide bonds. The molecule has 0 fully saturated rings. The molecule has 4 nitrogen and oxygen atoms in total. The number of benzene rings is 3. The van der Waals surface area contributed by atoms with Crippen molar-refractivity contribution in [3.8, 4) is 11.5 Å². The highest BCUT2D eigenvalue weighted by Crippen LogP contribution is 2.24. The average Bonchev–Trinajstić information content (AvgIpc) is 2.84. The monoisotopic (exact) mass is 466 g/mol. The van der Waals surface area contributed by atoms with E-state index in [-0.39, 0.29) is 6.61 Å². The Balaban J connectivity index is 1.46. The molecule has 35 heavy (non-hydrogen) atoms. The lowest BCUT2D eigenvalue weighted by atomic mass is 10.1. The minimum atomic E-state index is -0.459. The summed E-state index contributed by atoms with van der Waals surface area (Å²) in [5.74, 6) is 0.525. The maximum Gasteiger partial charge on any atom is 0.336 e. The molecule has 0 aromatic heterocycles. The number of esters is 1. The van der Waals surface area contributed by atoms with Crippen LogP contribution in [0.2, 0.25) is 0 Å². The molecule has 0 unspecified atom stereocenters. The van der Waals surface area contributed by atoms with Gasteiger partial charge < -0.3 is 9.62 Å². The summed E-state index contributed by atoms with van der Waals surface area (Å²) in [4.78, 5) is 22.9. The molecule has 3 aromatic carbocycles. The van der Waals surface area contributed by atoms with Crippen molar-refractivity contribution >= 4 is 29.3 Å². The van der Waals surface area contributed by atoms with Gasteiger partial charge >= 0.3 is 5.97 Å². The van der Waals surface area contributed by atoms with E-state index in [9.17, 15) is 4.79 Å². The van der Waals surface area contributed by atoms with Crippen molar-refractivity contribution in [1.82, 2.24) is 0 Å². The third kappa shape index (κ3) is 7.98. The van der Waals surface area contributed by atoms with E-state index in [1.165, 1.54) is 6.08 Å². The highest BCUT2D eigenvalue weighted by atomic mass is 17.2. The molecule has 0 aliphatic heterocycles. The molecule has 0 atom stereocenters. The first kappa shape index (κ1) is 25.5. The zero-order valence-corrected chi connectivity index (χ0v) is 20.4. The van der Waals surface area contributed by atoms with Crippen LogP contribution in [0.4, 0.5) is 0 Å². The van der Waals surface area contributed by atoms with E-state index in [1.54, 1.807) is 24.3 Å². The van der Waals surface area contributed by atoms with Crippen molar-refractivity contribution in [2.45, 2.75) is 20.8 Å². The maximum atomic E-state index is 12.2. The summed E-state index contributed by atoms with van der Waals surface area (Å²) in [5.41, 5.74) is 6.98. The van der Waals surface area contributed by atoms with Gasteiger partial charge in [-0.15, -0.1) is 0 Å². The zero-order chi connectivity index (χ0) is 25.2. The van der Waals surface area contributed by atoms with Crippen molar-refractivity contribution in [2.24, 2.45) is 0 Å². The van der Waals surface area contributed by atoms with Crippen LogP contribution in [0.5, 0.6) is 11.5 Å². The van der Waals surface area contributed by atoms with Crippen molar-refractivity contribution < 1.29 is 19.3 Å². The fraction of sp³-hybridized carbons (Fsp3) is 0.129. The number of hydrogen-bond acceptors (Lipinski definition) is 4. The molecule has 3 rings (SSSR count). The number of rotatable bonds is 10. The molecule has 0 aliphatic carbocycles. The predicted molar refractivity (Wildman–Crippen MR) is 144 cm³/mol. The molecule has 0 heterocycles. The van der Waals surface area contributed by atoms with Gasteiger partial charge in [-0.25, -0.2) is 4.79 Å². The van der Waals surface area contributed by atoms with Crippen LogP contribution in [-0.4, -0.2) is 12.6 Å². The number of ether oxygens (including phenoxy) is 1. The Hall–Kier alpha value is -4.15. The number of allylic oxidation sites excluding steroid dienone is 2. The summed E-state index contributed by atoms with van der Waals surface area (Å²) in [5, 5.41) is 0. The Bertz CT molecular complexity index is 1250. The minimum Gasteiger partial charge on any atom is -0.423 e. The molecular weight excluding hydrogens is 436 g/mol. The second-order valence-electron chi connectivity index (χ2n) is 8.26. The summed E-state index contributed by atoms with van der Waals surface area (Å²) in [6.45, 7) is 13.9. The van der Waals surface area contributed by atoms with Crippen molar-refractivity contribution in [2.75, 3.05) is 6.61 Å². The van der Waals surface area contributed by atoms with Crippen molar-refractivity contribution in [3.63, 3.8) is 0 Å². The second kappa shape index (κ2) is 12.4. The quantitative estimate of drug-likeness (QED) is 0.0767. The van der Waals surface area contributed by atoms with Gasteiger partial charge in [0, 0.05) is 6.08 Å². The third-order valence-corrected chi connectivity index (χ3v) is 5.21. The first-order valence-electron chi connectivity index (χ1n) is 11.3. The molecule has 0 radical (unpaired) electrons. The number of carbonyl (C=O) groups is 1. The van der Waals surface area contributed by atoms with E-state index in [1.807, 2.05) is 81.5 Å². The van der Waals surface area contributed by atoms with E-state index in [0.717, 1.165) is 39.0 Å². The van der Waals surface area contributed by atoms with Crippen molar-refractivity contribution in [1.29, 1.82) is 0 Å². The fourth-order valence-electron chi connectivity index (χ4n) is 3.17. The fourth-order valence-corrected chi connectivity index (χ4v) is 3.17. The van der Waals surface area contributed by atoms with Crippen LogP contribution in [0.25, 0.3) is 23.3 Å². The van der Waals surface area contributed by atoms with Crippen LogP contribution < -0.4 is 9.62 Å². The van der Waals surface area contributed by atoms with Crippen molar-refractivity contribution in [3.05, 3.63) is 120 Å². The lowest BCUT2D eigenvalue weighted by Gasteiger charge is -2.08. The van der Waals surface area contributed by atoms with Crippen LogP contribution >= 0.6 is 0 Å². The Kier molecular flexibility index (Phi) is 8.99. The van der Waals surface area contributed by atoms with Crippen LogP contribution in [0.1, 0.15) is 41.7 Å². The first-order valence-corrected chi connectivity index (χ1v) is 11.3. The highest BCUT2D eigenvalue weighted by Gasteiger charge is 2.06. The summed E-state index contributed by atoms with van der Waals surface area (Å²) < 4.78 is 5.40. The minimum absolute atomic E-state index is 0.288. The molecule has 178 valence electrons. The van der Waals surface area contributed by atoms with Gasteiger partial charge in [0.1, 0.15) is 12.4 Å². The van der Waals surface area contributed by atoms with Gasteiger partial charge in [0.05, 0.1) is 0 Å². The molecule has 0 saturated heterocycles. The van der Waals surface area contributed by atoms with Gasteiger partial charge in [0.2, 0.25) is 0 Å². The lowest BCUT2D eigenvalue weighted by molar-refractivity contribution is -0.196. The molecular formula is C31H30O4. The zero-order valence-electron chi connectivity index (χ0n) is 20.4. The van der Waals surface area contributed by atoms with Crippen LogP contribution in [0.3, 0.4) is 0 Å². The Morgan fingerprint density at radius 2 is 1.40 bits per heavy atom. The predicted octanol–water partition coefficient (Wildman–Crippen LogP) is 7.70. The third-order valence-electron chi connectivity index (χ3n) is 5.21. The van der Waals surface area contributed by atoms with E-state index in [4.69, 9.17) is 14.5 Å². The largest absolute Gasteiger partial charge is 0.423 e. The summed E-state index contributed by atoms with van der Waals surface area (Å²) >= 11 is 0. The van der Waals surface area contributed by atoms with Crippen LogP contribution in [-0.2, 0) is 9.68 Å². The van der Waals surface area contributed by atoms with Gasteiger partial charge in [-0.05, 0) is 72.9 Å².